The number of nitrogens with one attached hydrogen (secondary N) is 2. The van der Waals surface area contributed by atoms with Crippen molar-refractivity contribution in [1.29, 1.82) is 0 Å². The van der Waals surface area contributed by atoms with Gasteiger partial charge in [-0.2, -0.15) is 5.10 Å². The van der Waals surface area contributed by atoms with Gasteiger partial charge in [0.05, 0.1) is 17.3 Å². The van der Waals surface area contributed by atoms with Crippen LogP contribution in [0.25, 0.3) is 0 Å². The third-order valence-corrected chi connectivity index (χ3v) is 4.01. The Balaban J connectivity index is 2.18. The first-order valence-electron chi connectivity index (χ1n) is 7.99. The van der Waals surface area contributed by atoms with Crippen LogP contribution in [0.3, 0.4) is 0 Å². The van der Waals surface area contributed by atoms with Crippen LogP contribution < -0.4 is 5.32 Å². The molecule has 2 atom stereocenters. The predicted octanol–water partition coefficient (Wildman–Crippen LogP) is 3.49. The largest absolute Gasteiger partial charge is 0.375 e. The number of aryl methyl sites for hydroxylation is 1. The summed E-state index contributed by atoms with van der Waals surface area (Å²) in [4.78, 5) is 12.7. The van der Waals surface area contributed by atoms with Gasteiger partial charge in [-0.15, -0.1) is 0 Å². The van der Waals surface area contributed by atoms with Gasteiger partial charge in [0.15, 0.2) is 0 Å². The summed E-state index contributed by atoms with van der Waals surface area (Å²) in [7, 11) is 1.57. The second-order valence-corrected chi connectivity index (χ2v) is 6.23. The van der Waals surface area contributed by atoms with E-state index in [4.69, 9.17) is 4.74 Å². The molecule has 0 saturated carbocycles. The summed E-state index contributed by atoms with van der Waals surface area (Å²) in [6.07, 6.45) is -0.371. The van der Waals surface area contributed by atoms with Gasteiger partial charge in [0.25, 0.3) is 5.91 Å². The number of benzene rings is 1. The summed E-state index contributed by atoms with van der Waals surface area (Å²) in [5.41, 5.74) is 2.86. The van der Waals surface area contributed by atoms with Gasteiger partial charge in [-0.3, -0.25) is 9.89 Å². The van der Waals surface area contributed by atoms with Crippen molar-refractivity contribution in [2.75, 3.05) is 7.11 Å². The van der Waals surface area contributed by atoms with E-state index >= 15 is 0 Å². The van der Waals surface area contributed by atoms with Crippen molar-refractivity contribution in [2.24, 2.45) is 0 Å². The van der Waals surface area contributed by atoms with E-state index in [2.05, 4.69) is 15.5 Å². The van der Waals surface area contributed by atoms with E-state index in [1.807, 2.05) is 27.7 Å². The standard InChI is InChI=1S/C18H24FN3O2/c1-10(2)16-15(11(3)21-22-16)18(23)20-12(4)17(24-5)13-6-8-14(19)9-7-13/h6-10,12,17H,1-5H3,(H,20,23)(H,21,22). The van der Waals surface area contributed by atoms with Crippen molar-refractivity contribution in [2.45, 2.75) is 45.8 Å². The number of amides is 1. The van der Waals surface area contributed by atoms with Crippen molar-refractivity contribution in [3.63, 3.8) is 0 Å². The molecule has 0 fully saturated rings. The summed E-state index contributed by atoms with van der Waals surface area (Å²) in [6.45, 7) is 7.67. The molecule has 0 aliphatic carbocycles. The van der Waals surface area contributed by atoms with Crippen molar-refractivity contribution in [3.05, 3.63) is 52.6 Å². The van der Waals surface area contributed by atoms with Crippen LogP contribution in [-0.2, 0) is 4.74 Å². The van der Waals surface area contributed by atoms with E-state index in [0.717, 1.165) is 17.0 Å². The van der Waals surface area contributed by atoms with Gasteiger partial charge in [-0.1, -0.05) is 26.0 Å². The average Bonchev–Trinajstić information content (AvgIpc) is 2.92. The summed E-state index contributed by atoms with van der Waals surface area (Å²) in [6, 6.07) is 5.80. The number of hydrogen-bond acceptors (Lipinski definition) is 3. The summed E-state index contributed by atoms with van der Waals surface area (Å²) < 4.78 is 18.6. The lowest BCUT2D eigenvalue weighted by Crippen LogP contribution is -2.38. The van der Waals surface area contributed by atoms with Crippen molar-refractivity contribution < 1.29 is 13.9 Å². The van der Waals surface area contributed by atoms with E-state index < -0.39 is 0 Å². The van der Waals surface area contributed by atoms with Gasteiger partial charge in [-0.05, 0) is 37.5 Å². The summed E-state index contributed by atoms with van der Waals surface area (Å²) in [5.74, 6) is -0.358. The SMILES string of the molecule is COC(c1ccc(F)cc1)C(C)NC(=O)c1c(C(C)C)n[nH]c1C. The molecule has 0 aliphatic rings. The van der Waals surface area contributed by atoms with E-state index in [-0.39, 0.29) is 29.8 Å². The van der Waals surface area contributed by atoms with Crippen molar-refractivity contribution >= 4 is 5.91 Å². The fourth-order valence-electron chi connectivity index (χ4n) is 2.79. The second kappa shape index (κ2) is 7.57. The number of aromatic amines is 1. The topological polar surface area (TPSA) is 67.0 Å². The first kappa shape index (κ1) is 18.1. The van der Waals surface area contributed by atoms with E-state index in [1.165, 1.54) is 12.1 Å². The minimum atomic E-state index is -0.371. The van der Waals surface area contributed by atoms with Gasteiger partial charge in [0, 0.05) is 12.8 Å². The highest BCUT2D eigenvalue weighted by atomic mass is 19.1. The van der Waals surface area contributed by atoms with Crippen LogP contribution in [0.2, 0.25) is 0 Å². The Kier molecular flexibility index (Phi) is 5.72. The van der Waals surface area contributed by atoms with E-state index in [1.54, 1.807) is 19.2 Å². The Bertz CT molecular complexity index is 695. The monoisotopic (exact) mass is 333 g/mol. The number of hydrogen-bond donors (Lipinski definition) is 2. The summed E-state index contributed by atoms with van der Waals surface area (Å²) in [5, 5.41) is 10.1. The highest BCUT2D eigenvalue weighted by molar-refractivity contribution is 5.96. The molecule has 24 heavy (non-hydrogen) atoms. The highest BCUT2D eigenvalue weighted by Crippen LogP contribution is 2.23. The molecular formula is C18H24FN3O2. The number of carbonyl (C=O) groups excluding carboxylic acids is 1. The van der Waals surface area contributed by atoms with Gasteiger partial charge < -0.3 is 10.1 Å². The average molecular weight is 333 g/mol. The van der Waals surface area contributed by atoms with Gasteiger partial charge in [-0.25, -0.2) is 4.39 Å². The third-order valence-electron chi connectivity index (χ3n) is 4.01. The fourth-order valence-corrected chi connectivity index (χ4v) is 2.79. The number of rotatable bonds is 6. The minimum Gasteiger partial charge on any atom is -0.375 e. The molecule has 2 N–H and O–H groups in total. The molecule has 0 aliphatic heterocycles. The lowest BCUT2D eigenvalue weighted by molar-refractivity contribution is 0.0643. The molecule has 0 bridgehead atoms. The van der Waals surface area contributed by atoms with E-state index in [9.17, 15) is 9.18 Å². The first-order valence-corrected chi connectivity index (χ1v) is 7.99. The minimum absolute atomic E-state index is 0.140. The van der Waals surface area contributed by atoms with Crippen LogP contribution in [0.5, 0.6) is 0 Å². The molecule has 1 aromatic heterocycles. The lowest BCUT2D eigenvalue weighted by Gasteiger charge is -2.24. The number of nitrogens with zero attached hydrogens (tertiary/aromatic N) is 1. The number of ether oxygens (including phenoxy) is 1. The number of methoxy groups -OCH3 is 1. The van der Waals surface area contributed by atoms with Crippen LogP contribution in [0, 0.1) is 12.7 Å². The molecule has 130 valence electrons. The molecule has 2 unspecified atom stereocenters. The normalized spacial score (nSPS) is 13.8. The maximum atomic E-state index is 13.1. The van der Waals surface area contributed by atoms with Crippen LogP contribution in [0.15, 0.2) is 24.3 Å². The van der Waals surface area contributed by atoms with E-state index in [0.29, 0.717) is 5.56 Å². The zero-order valence-corrected chi connectivity index (χ0v) is 14.7. The summed E-state index contributed by atoms with van der Waals surface area (Å²) >= 11 is 0. The highest BCUT2D eigenvalue weighted by Gasteiger charge is 2.25. The first-order chi connectivity index (χ1) is 11.3. The second-order valence-electron chi connectivity index (χ2n) is 6.23. The van der Waals surface area contributed by atoms with Crippen LogP contribution in [0.4, 0.5) is 4.39 Å². The Morgan fingerprint density at radius 1 is 1.25 bits per heavy atom. The smallest absolute Gasteiger partial charge is 0.255 e. The molecule has 0 radical (unpaired) electrons. The quantitative estimate of drug-likeness (QED) is 0.850. The van der Waals surface area contributed by atoms with Gasteiger partial charge >= 0.3 is 0 Å². The molecule has 2 rings (SSSR count). The number of carbonyl (C=O) groups is 1. The Hall–Kier alpha value is -2.21. The van der Waals surface area contributed by atoms with Crippen LogP contribution >= 0.6 is 0 Å². The van der Waals surface area contributed by atoms with Gasteiger partial charge in [0.1, 0.15) is 11.9 Å². The third kappa shape index (κ3) is 3.82. The Morgan fingerprint density at radius 3 is 2.42 bits per heavy atom. The zero-order valence-electron chi connectivity index (χ0n) is 14.7. The Morgan fingerprint density at radius 2 is 1.88 bits per heavy atom. The van der Waals surface area contributed by atoms with Crippen molar-refractivity contribution in [3.8, 4) is 0 Å². The Labute approximate surface area is 141 Å². The molecule has 1 aromatic carbocycles. The molecule has 6 heteroatoms. The number of halogens is 1. The van der Waals surface area contributed by atoms with Crippen LogP contribution in [0.1, 0.15) is 60.1 Å². The zero-order chi connectivity index (χ0) is 17.9. The van der Waals surface area contributed by atoms with Crippen molar-refractivity contribution in [1.82, 2.24) is 15.5 Å². The number of aromatic nitrogens is 2. The molecule has 1 amide bonds. The maximum absolute atomic E-state index is 13.1. The molecule has 0 saturated heterocycles. The fraction of sp³-hybridized carbons (Fsp3) is 0.444. The van der Waals surface area contributed by atoms with Gasteiger partial charge in [0.2, 0.25) is 0 Å². The van der Waals surface area contributed by atoms with Crippen LogP contribution in [-0.4, -0.2) is 29.3 Å². The predicted molar refractivity (Wildman–Crippen MR) is 90.5 cm³/mol. The molecule has 2 aromatic rings. The lowest BCUT2D eigenvalue weighted by atomic mass is 10.0. The molecule has 5 nitrogen and oxygen atoms in total. The molecular weight excluding hydrogens is 309 g/mol. The molecule has 1 heterocycles. The maximum Gasteiger partial charge on any atom is 0.255 e. The molecule has 0 spiro atoms. The number of H-pyrrole nitrogens is 1.